The molecule has 1 spiro atoms. The fraction of sp³-hybridized carbons (Fsp3) is 0.414. The van der Waals surface area contributed by atoms with Gasteiger partial charge in [0.1, 0.15) is 5.76 Å². The smallest absolute Gasteiger partial charge is 0.296 e. The molecule has 10 nitrogen and oxygen atoms in total. The second-order valence-electron chi connectivity index (χ2n) is 10.7. The molecule has 0 aromatic heterocycles. The lowest BCUT2D eigenvalue weighted by Crippen LogP contribution is -2.51. The highest BCUT2D eigenvalue weighted by atomic mass is 32.2. The fourth-order valence-electron chi connectivity index (χ4n) is 6.00. The van der Waals surface area contributed by atoms with Crippen molar-refractivity contribution < 1.29 is 27.9 Å². The maximum atomic E-state index is 14.0. The third-order valence-electron chi connectivity index (χ3n) is 8.01. The van der Waals surface area contributed by atoms with E-state index >= 15 is 0 Å². The number of Topliss-reactive ketones (excluding diaryl/α,β-unsaturated/α-hetero) is 1. The van der Waals surface area contributed by atoms with Crippen LogP contribution in [0.25, 0.3) is 5.76 Å². The molecule has 212 valence electrons. The number of fused-ring (bicyclic) bond motifs is 2. The minimum Gasteiger partial charge on any atom is -0.507 e. The second-order valence-corrected chi connectivity index (χ2v) is 12.7. The van der Waals surface area contributed by atoms with Crippen molar-refractivity contribution >= 4 is 39.1 Å². The summed E-state index contributed by atoms with van der Waals surface area (Å²) in [4.78, 5) is 45.8. The number of carbonyl (C=O) groups excluding carboxylic acids is 3. The normalized spacial score (nSPS) is 23.1. The average Bonchev–Trinajstić information content (AvgIpc) is 3.31. The van der Waals surface area contributed by atoms with Crippen LogP contribution in [0, 0.1) is 0 Å². The predicted octanol–water partition coefficient (Wildman–Crippen LogP) is 2.37. The van der Waals surface area contributed by atoms with Crippen molar-refractivity contribution in [2.24, 2.45) is 0 Å². The second kappa shape index (κ2) is 10.5. The number of amides is 2. The van der Waals surface area contributed by atoms with Gasteiger partial charge in [-0.1, -0.05) is 24.6 Å². The molecule has 40 heavy (non-hydrogen) atoms. The first-order valence-electron chi connectivity index (χ1n) is 13.5. The molecule has 11 heteroatoms. The van der Waals surface area contributed by atoms with Gasteiger partial charge in [0.2, 0.25) is 10.0 Å². The van der Waals surface area contributed by atoms with Gasteiger partial charge in [0.25, 0.3) is 17.6 Å². The molecule has 2 fully saturated rings. The first kappa shape index (κ1) is 28.0. The number of ketones is 1. The molecule has 3 aliphatic rings. The summed E-state index contributed by atoms with van der Waals surface area (Å²) in [5.41, 5.74) is -1.01. The first-order chi connectivity index (χ1) is 19.0. The molecule has 3 aliphatic heterocycles. The lowest BCUT2D eigenvalue weighted by Gasteiger charge is -2.34. The lowest BCUT2D eigenvalue weighted by atomic mass is 9.82. The van der Waals surface area contributed by atoms with Crippen LogP contribution < -0.4 is 4.90 Å². The summed E-state index contributed by atoms with van der Waals surface area (Å²) in [6.07, 6.45) is 3.10. The summed E-state index contributed by atoms with van der Waals surface area (Å²) in [7, 11) is 1.66. The van der Waals surface area contributed by atoms with Gasteiger partial charge in [0, 0.05) is 43.5 Å². The van der Waals surface area contributed by atoms with Gasteiger partial charge in [-0.25, -0.2) is 8.42 Å². The van der Waals surface area contributed by atoms with Crippen LogP contribution in [0.4, 0.5) is 5.69 Å². The summed E-state index contributed by atoms with van der Waals surface area (Å²) in [5.74, 6) is -2.84. The molecule has 2 aromatic carbocycles. The van der Waals surface area contributed by atoms with E-state index < -0.39 is 38.9 Å². The minimum atomic E-state index is -3.71. The van der Waals surface area contributed by atoms with E-state index in [-0.39, 0.29) is 22.6 Å². The summed E-state index contributed by atoms with van der Waals surface area (Å²) in [5, 5.41) is 11.6. The highest BCUT2D eigenvalue weighted by molar-refractivity contribution is 7.89. The zero-order valence-corrected chi connectivity index (χ0v) is 23.8. The molecule has 0 saturated carbocycles. The van der Waals surface area contributed by atoms with E-state index in [2.05, 4.69) is 0 Å². The van der Waals surface area contributed by atoms with E-state index in [4.69, 9.17) is 0 Å². The van der Waals surface area contributed by atoms with E-state index in [9.17, 15) is 27.9 Å². The molecular formula is C29H34N4O6S. The van der Waals surface area contributed by atoms with Gasteiger partial charge < -0.3 is 19.8 Å². The lowest BCUT2D eigenvalue weighted by molar-refractivity contribution is -0.143. The minimum absolute atomic E-state index is 0.0758. The number of aliphatic hydroxyl groups is 1. The first-order valence-corrected chi connectivity index (χ1v) is 14.9. The summed E-state index contributed by atoms with van der Waals surface area (Å²) in [6, 6.07) is 12.5. The maximum absolute atomic E-state index is 14.0. The standard InChI is InChI=1S/C29H34N4O6S/c1-30(2)16-9-19-33-27(36)26(35)24(29(33)22-10-5-6-11-23(22)31(3)28(29)37)25(34)20-12-14-21(15-13-20)40(38,39)32-17-7-4-8-18-32/h5-6,10-15,34H,4,7-9,16-19H2,1-3H3/b25-24-. The number of hydrogen-bond donors (Lipinski definition) is 1. The van der Waals surface area contributed by atoms with Gasteiger partial charge >= 0.3 is 0 Å². The highest BCUT2D eigenvalue weighted by Crippen LogP contribution is 2.53. The van der Waals surface area contributed by atoms with Crippen molar-refractivity contribution in [1.82, 2.24) is 14.1 Å². The van der Waals surface area contributed by atoms with Crippen molar-refractivity contribution in [3.63, 3.8) is 0 Å². The zero-order chi connectivity index (χ0) is 28.8. The molecule has 2 aromatic rings. The Morgan fingerprint density at radius 3 is 2.27 bits per heavy atom. The molecule has 3 heterocycles. The Hall–Kier alpha value is -3.54. The van der Waals surface area contributed by atoms with Gasteiger partial charge in [-0.05, 0) is 70.2 Å². The number of aliphatic hydroxyl groups excluding tert-OH is 1. The van der Waals surface area contributed by atoms with E-state index in [1.165, 1.54) is 38.4 Å². The van der Waals surface area contributed by atoms with Crippen LogP contribution in [0.15, 0.2) is 59.0 Å². The molecule has 1 atom stereocenters. The Kier molecular flexibility index (Phi) is 7.32. The number of carbonyl (C=O) groups is 3. The molecule has 0 radical (unpaired) electrons. The average molecular weight is 567 g/mol. The van der Waals surface area contributed by atoms with Crippen molar-refractivity contribution in [2.75, 3.05) is 52.2 Å². The Bertz CT molecular complexity index is 1490. The predicted molar refractivity (Wildman–Crippen MR) is 150 cm³/mol. The molecule has 0 bridgehead atoms. The van der Waals surface area contributed by atoms with Gasteiger partial charge in [-0.2, -0.15) is 4.31 Å². The monoisotopic (exact) mass is 566 g/mol. The third kappa shape index (κ3) is 4.23. The Labute approximate surface area is 234 Å². The molecule has 2 saturated heterocycles. The summed E-state index contributed by atoms with van der Waals surface area (Å²) >= 11 is 0. The van der Waals surface area contributed by atoms with Crippen LogP contribution >= 0.6 is 0 Å². The van der Waals surface area contributed by atoms with Crippen molar-refractivity contribution in [1.29, 1.82) is 0 Å². The number of nitrogens with zero attached hydrogens (tertiary/aromatic N) is 4. The van der Waals surface area contributed by atoms with E-state index in [0.717, 1.165) is 19.3 Å². The quantitative estimate of drug-likeness (QED) is 0.311. The van der Waals surface area contributed by atoms with E-state index in [1.807, 2.05) is 19.0 Å². The number of likely N-dealkylation sites (tertiary alicyclic amines) is 1. The Balaban J connectivity index is 1.63. The molecule has 2 amide bonds. The number of para-hydroxylation sites is 1. The molecule has 1 unspecified atom stereocenters. The van der Waals surface area contributed by atoms with Crippen LogP contribution in [0.3, 0.4) is 0 Å². The summed E-state index contributed by atoms with van der Waals surface area (Å²) < 4.78 is 27.7. The number of likely N-dealkylation sites (N-methyl/N-ethyl adjacent to an activating group) is 1. The molecule has 0 aliphatic carbocycles. The fourth-order valence-corrected chi connectivity index (χ4v) is 7.52. The maximum Gasteiger partial charge on any atom is 0.296 e. The largest absolute Gasteiger partial charge is 0.507 e. The van der Waals surface area contributed by atoms with Gasteiger partial charge in [-0.3, -0.25) is 14.4 Å². The molecular weight excluding hydrogens is 532 g/mol. The number of anilines is 1. The molecule has 1 N–H and O–H groups in total. The highest BCUT2D eigenvalue weighted by Gasteiger charge is 2.66. The number of piperidine rings is 1. The third-order valence-corrected chi connectivity index (χ3v) is 9.92. The van der Waals surface area contributed by atoms with Crippen LogP contribution in [0.5, 0.6) is 0 Å². The number of rotatable bonds is 7. The van der Waals surface area contributed by atoms with Crippen LogP contribution in [0.2, 0.25) is 0 Å². The Morgan fingerprint density at radius 1 is 0.975 bits per heavy atom. The summed E-state index contributed by atoms with van der Waals surface area (Å²) in [6.45, 7) is 1.66. The van der Waals surface area contributed by atoms with Crippen LogP contribution in [-0.4, -0.2) is 92.5 Å². The van der Waals surface area contributed by atoms with Crippen molar-refractivity contribution in [3.8, 4) is 0 Å². The number of hydrogen-bond acceptors (Lipinski definition) is 7. The van der Waals surface area contributed by atoms with Gasteiger partial charge in [-0.15, -0.1) is 0 Å². The number of sulfonamides is 1. The van der Waals surface area contributed by atoms with Crippen molar-refractivity contribution in [2.45, 2.75) is 36.1 Å². The topological polar surface area (TPSA) is 119 Å². The molecule has 5 rings (SSSR count). The van der Waals surface area contributed by atoms with E-state index in [0.29, 0.717) is 37.3 Å². The van der Waals surface area contributed by atoms with Gasteiger partial charge in [0.05, 0.1) is 10.5 Å². The Morgan fingerprint density at radius 2 is 1.62 bits per heavy atom. The zero-order valence-electron chi connectivity index (χ0n) is 23.0. The van der Waals surface area contributed by atoms with Crippen LogP contribution in [0.1, 0.15) is 36.8 Å². The number of benzene rings is 2. The van der Waals surface area contributed by atoms with Crippen LogP contribution in [-0.2, 0) is 29.9 Å². The van der Waals surface area contributed by atoms with Gasteiger partial charge in [0.15, 0.2) is 5.54 Å². The van der Waals surface area contributed by atoms with Crippen molar-refractivity contribution in [3.05, 3.63) is 65.2 Å². The van der Waals surface area contributed by atoms with E-state index in [1.54, 1.807) is 31.3 Å². The SMILES string of the molecule is CN(C)CCCN1C(=O)C(=O)/C(=C(/O)c2ccc(S(=O)(=O)N3CCCCC3)cc2)C12C(=O)N(C)c1ccccc12.